The van der Waals surface area contributed by atoms with E-state index in [4.69, 9.17) is 16.3 Å². The first kappa shape index (κ1) is 15.2. The van der Waals surface area contributed by atoms with Crippen LogP contribution in [-0.2, 0) is 13.2 Å². The van der Waals surface area contributed by atoms with Gasteiger partial charge in [0.05, 0.1) is 9.95 Å². The molecule has 0 aliphatic rings. The SMILES string of the molecule is CNCc1ccc(OCc2ccncc2Cl)c([N+](=O)[O-])c1. The highest BCUT2D eigenvalue weighted by Crippen LogP contribution is 2.29. The predicted octanol–water partition coefficient (Wildman–Crippen LogP) is 2.94. The highest BCUT2D eigenvalue weighted by Gasteiger charge is 2.16. The van der Waals surface area contributed by atoms with Crippen molar-refractivity contribution in [2.75, 3.05) is 7.05 Å². The van der Waals surface area contributed by atoms with E-state index < -0.39 is 4.92 Å². The van der Waals surface area contributed by atoms with Gasteiger partial charge in [-0.25, -0.2) is 0 Å². The summed E-state index contributed by atoms with van der Waals surface area (Å²) in [7, 11) is 1.78. The van der Waals surface area contributed by atoms with Crippen LogP contribution in [0.5, 0.6) is 5.75 Å². The van der Waals surface area contributed by atoms with E-state index in [2.05, 4.69) is 10.3 Å². The summed E-state index contributed by atoms with van der Waals surface area (Å²) in [5.74, 6) is 0.215. The maximum Gasteiger partial charge on any atom is 0.311 e. The molecule has 6 nitrogen and oxygen atoms in total. The van der Waals surface area contributed by atoms with Crippen molar-refractivity contribution in [1.29, 1.82) is 0 Å². The van der Waals surface area contributed by atoms with Crippen molar-refractivity contribution in [2.45, 2.75) is 13.2 Å². The molecule has 0 fully saturated rings. The Labute approximate surface area is 126 Å². The lowest BCUT2D eigenvalue weighted by atomic mass is 10.2. The Bertz CT molecular complexity index is 649. The van der Waals surface area contributed by atoms with Crippen LogP contribution in [0.3, 0.4) is 0 Å². The monoisotopic (exact) mass is 307 g/mol. The number of nitrogens with one attached hydrogen (secondary N) is 1. The van der Waals surface area contributed by atoms with Gasteiger partial charge in [0.25, 0.3) is 0 Å². The van der Waals surface area contributed by atoms with E-state index in [0.717, 1.165) is 11.1 Å². The molecule has 0 bridgehead atoms. The lowest BCUT2D eigenvalue weighted by Gasteiger charge is -2.09. The number of nitro benzene ring substituents is 1. The molecule has 0 unspecified atom stereocenters. The van der Waals surface area contributed by atoms with E-state index in [-0.39, 0.29) is 18.0 Å². The molecule has 0 radical (unpaired) electrons. The van der Waals surface area contributed by atoms with Crippen molar-refractivity contribution in [1.82, 2.24) is 10.3 Å². The number of pyridine rings is 1. The fraction of sp³-hybridized carbons (Fsp3) is 0.214. The molecule has 21 heavy (non-hydrogen) atoms. The van der Waals surface area contributed by atoms with Crippen LogP contribution in [0.2, 0.25) is 5.02 Å². The topological polar surface area (TPSA) is 77.3 Å². The Morgan fingerprint density at radius 1 is 1.43 bits per heavy atom. The Balaban J connectivity index is 2.19. The van der Waals surface area contributed by atoms with Crippen molar-refractivity contribution in [3.63, 3.8) is 0 Å². The number of halogens is 1. The summed E-state index contributed by atoms with van der Waals surface area (Å²) in [6.07, 6.45) is 3.10. The van der Waals surface area contributed by atoms with Crippen LogP contribution in [-0.4, -0.2) is 17.0 Å². The molecule has 0 saturated carbocycles. The smallest absolute Gasteiger partial charge is 0.311 e. The molecule has 0 amide bonds. The molecule has 7 heteroatoms. The summed E-state index contributed by atoms with van der Waals surface area (Å²) in [5.41, 5.74) is 1.48. The average molecular weight is 308 g/mol. The summed E-state index contributed by atoms with van der Waals surface area (Å²) >= 11 is 5.97. The van der Waals surface area contributed by atoms with Crippen LogP contribution in [0, 0.1) is 10.1 Å². The quantitative estimate of drug-likeness (QED) is 0.656. The zero-order valence-electron chi connectivity index (χ0n) is 11.4. The van der Waals surface area contributed by atoms with E-state index in [9.17, 15) is 10.1 Å². The number of hydrogen-bond donors (Lipinski definition) is 1. The Morgan fingerprint density at radius 2 is 2.24 bits per heavy atom. The molecule has 0 atom stereocenters. The average Bonchev–Trinajstić information content (AvgIpc) is 2.47. The van der Waals surface area contributed by atoms with Crippen LogP contribution < -0.4 is 10.1 Å². The standard InChI is InChI=1S/C14H14ClN3O3/c1-16-7-10-2-3-14(13(6-10)18(19)20)21-9-11-4-5-17-8-12(11)15/h2-6,8,16H,7,9H2,1H3. The molecular weight excluding hydrogens is 294 g/mol. The van der Waals surface area contributed by atoms with Crippen molar-refractivity contribution >= 4 is 17.3 Å². The second-order valence-corrected chi connectivity index (χ2v) is 4.75. The fourth-order valence-corrected chi connectivity index (χ4v) is 1.99. The highest BCUT2D eigenvalue weighted by atomic mass is 35.5. The van der Waals surface area contributed by atoms with Crippen molar-refractivity contribution in [2.24, 2.45) is 0 Å². The lowest BCUT2D eigenvalue weighted by molar-refractivity contribution is -0.386. The van der Waals surface area contributed by atoms with Gasteiger partial charge < -0.3 is 10.1 Å². The van der Waals surface area contributed by atoms with Gasteiger partial charge in [-0.1, -0.05) is 17.7 Å². The largest absolute Gasteiger partial charge is 0.482 e. The number of rotatable bonds is 6. The summed E-state index contributed by atoms with van der Waals surface area (Å²) < 4.78 is 5.52. The maximum absolute atomic E-state index is 11.1. The molecule has 0 aliphatic carbocycles. The van der Waals surface area contributed by atoms with Crippen LogP contribution in [0.15, 0.2) is 36.7 Å². The maximum atomic E-state index is 11.1. The first-order chi connectivity index (χ1) is 10.1. The van der Waals surface area contributed by atoms with E-state index in [0.29, 0.717) is 11.6 Å². The molecule has 0 aliphatic heterocycles. The summed E-state index contributed by atoms with van der Waals surface area (Å²) in [4.78, 5) is 14.5. The van der Waals surface area contributed by atoms with Gasteiger partial charge in [-0.15, -0.1) is 0 Å². The molecule has 1 aromatic heterocycles. The molecular formula is C14H14ClN3O3. The van der Waals surface area contributed by atoms with Crippen LogP contribution in [0.1, 0.15) is 11.1 Å². The zero-order chi connectivity index (χ0) is 15.2. The van der Waals surface area contributed by atoms with E-state index in [1.54, 1.807) is 31.4 Å². The van der Waals surface area contributed by atoms with Gasteiger partial charge in [-0.3, -0.25) is 15.1 Å². The Morgan fingerprint density at radius 3 is 2.90 bits per heavy atom. The van der Waals surface area contributed by atoms with Crippen molar-refractivity contribution in [3.8, 4) is 5.75 Å². The third-order valence-electron chi connectivity index (χ3n) is 2.84. The molecule has 2 rings (SSSR count). The summed E-state index contributed by atoms with van der Waals surface area (Å²) in [6, 6.07) is 6.59. The first-order valence-corrected chi connectivity index (χ1v) is 6.62. The number of nitrogens with zero attached hydrogens (tertiary/aromatic N) is 2. The molecule has 1 aromatic carbocycles. The van der Waals surface area contributed by atoms with Crippen LogP contribution in [0.4, 0.5) is 5.69 Å². The lowest BCUT2D eigenvalue weighted by Crippen LogP contribution is -2.06. The molecule has 2 aromatic rings. The third kappa shape index (κ3) is 3.90. The minimum Gasteiger partial charge on any atom is -0.482 e. The van der Waals surface area contributed by atoms with Gasteiger partial charge in [-0.2, -0.15) is 0 Å². The van der Waals surface area contributed by atoms with Crippen LogP contribution in [0.25, 0.3) is 0 Å². The van der Waals surface area contributed by atoms with Crippen LogP contribution >= 0.6 is 11.6 Å². The predicted molar refractivity (Wildman–Crippen MR) is 79.4 cm³/mol. The molecule has 1 N–H and O–H groups in total. The minimum absolute atomic E-state index is 0.0621. The van der Waals surface area contributed by atoms with E-state index >= 15 is 0 Å². The number of nitro groups is 1. The number of ether oxygens (including phenoxy) is 1. The second-order valence-electron chi connectivity index (χ2n) is 4.35. The van der Waals surface area contributed by atoms with E-state index in [1.165, 1.54) is 12.3 Å². The second kappa shape index (κ2) is 7.01. The number of aromatic nitrogens is 1. The molecule has 0 saturated heterocycles. The first-order valence-electron chi connectivity index (χ1n) is 6.25. The number of hydrogen-bond acceptors (Lipinski definition) is 5. The third-order valence-corrected chi connectivity index (χ3v) is 3.18. The molecule has 1 heterocycles. The zero-order valence-corrected chi connectivity index (χ0v) is 12.1. The Kier molecular flexibility index (Phi) is 5.08. The number of benzene rings is 1. The van der Waals surface area contributed by atoms with Gasteiger partial charge in [0, 0.05) is 30.6 Å². The van der Waals surface area contributed by atoms with Gasteiger partial charge in [0.2, 0.25) is 0 Å². The van der Waals surface area contributed by atoms with Gasteiger partial charge >= 0.3 is 5.69 Å². The van der Waals surface area contributed by atoms with Gasteiger partial charge in [-0.05, 0) is 24.7 Å². The summed E-state index contributed by atoms with van der Waals surface area (Å²) in [6.45, 7) is 0.699. The van der Waals surface area contributed by atoms with Gasteiger partial charge in [0.1, 0.15) is 6.61 Å². The van der Waals surface area contributed by atoms with Crippen molar-refractivity contribution in [3.05, 3.63) is 62.9 Å². The Hall–Kier alpha value is -2.18. The molecule has 110 valence electrons. The normalized spacial score (nSPS) is 10.4. The van der Waals surface area contributed by atoms with E-state index in [1.807, 2.05) is 0 Å². The fourth-order valence-electron chi connectivity index (χ4n) is 1.82. The minimum atomic E-state index is -0.456. The highest BCUT2D eigenvalue weighted by molar-refractivity contribution is 6.31. The summed E-state index contributed by atoms with van der Waals surface area (Å²) in [5, 5.41) is 14.5. The van der Waals surface area contributed by atoms with Crippen molar-refractivity contribution < 1.29 is 9.66 Å². The molecule has 0 spiro atoms. The van der Waals surface area contributed by atoms with Gasteiger partial charge in [0.15, 0.2) is 5.75 Å².